The highest BCUT2D eigenvalue weighted by Crippen LogP contribution is 2.28. The van der Waals surface area contributed by atoms with Gasteiger partial charge in [0.2, 0.25) is 10.0 Å². The predicted molar refractivity (Wildman–Crippen MR) is 120 cm³/mol. The van der Waals surface area contributed by atoms with Crippen molar-refractivity contribution in [3.8, 4) is 11.4 Å². The third-order valence-electron chi connectivity index (χ3n) is 4.40. The number of halogens is 1. The van der Waals surface area contributed by atoms with Gasteiger partial charge in [-0.2, -0.15) is 0 Å². The van der Waals surface area contributed by atoms with Gasteiger partial charge in [-0.15, -0.1) is 5.10 Å². The molecular weight excluding hydrogens is 458 g/mol. The molecule has 3 rings (SSSR count). The molecule has 3 heterocycles. The van der Waals surface area contributed by atoms with Crippen molar-refractivity contribution in [2.75, 3.05) is 16.3 Å². The van der Waals surface area contributed by atoms with Crippen LogP contribution in [0.15, 0.2) is 24.4 Å². The van der Waals surface area contributed by atoms with Crippen LogP contribution >= 0.6 is 11.6 Å². The zero-order valence-electron chi connectivity index (χ0n) is 18.0. The van der Waals surface area contributed by atoms with Gasteiger partial charge in [-0.05, 0) is 44.5 Å². The molecule has 1 atom stereocenters. The summed E-state index contributed by atoms with van der Waals surface area (Å²) in [5.41, 5.74) is 2.92. The number of aryl methyl sites for hydroxylation is 3. The average Bonchev–Trinajstić information content (AvgIpc) is 3.04. The molecule has 1 amide bonds. The number of amides is 1. The molecule has 2 N–H and O–H groups in total. The van der Waals surface area contributed by atoms with E-state index in [1.807, 2.05) is 6.92 Å². The van der Waals surface area contributed by atoms with Crippen molar-refractivity contribution >= 4 is 39.2 Å². The molecule has 11 nitrogen and oxygen atoms in total. The van der Waals surface area contributed by atoms with E-state index in [2.05, 4.69) is 30.3 Å². The largest absolute Gasteiger partial charge is 0.441 e. The van der Waals surface area contributed by atoms with Gasteiger partial charge >= 0.3 is 6.09 Å². The van der Waals surface area contributed by atoms with Crippen LogP contribution in [-0.4, -0.2) is 45.7 Å². The highest BCUT2D eigenvalue weighted by molar-refractivity contribution is 7.92. The van der Waals surface area contributed by atoms with Crippen LogP contribution < -0.4 is 10.0 Å². The van der Waals surface area contributed by atoms with E-state index >= 15 is 0 Å². The Labute approximate surface area is 190 Å². The first-order valence-corrected chi connectivity index (χ1v) is 11.7. The fourth-order valence-corrected chi connectivity index (χ4v) is 3.75. The van der Waals surface area contributed by atoms with Crippen LogP contribution in [0, 0.1) is 13.8 Å². The maximum atomic E-state index is 12.5. The second-order valence-electron chi connectivity index (χ2n) is 7.18. The molecule has 170 valence electrons. The molecule has 13 heteroatoms. The Morgan fingerprint density at radius 2 is 2.00 bits per heavy atom. The number of anilines is 2. The molecule has 32 heavy (non-hydrogen) atoms. The van der Waals surface area contributed by atoms with E-state index < -0.39 is 22.2 Å². The van der Waals surface area contributed by atoms with Gasteiger partial charge in [-0.3, -0.25) is 10.0 Å². The Morgan fingerprint density at radius 1 is 1.28 bits per heavy atom. The van der Waals surface area contributed by atoms with Gasteiger partial charge < -0.3 is 4.74 Å². The molecule has 3 aromatic rings. The second-order valence-corrected chi connectivity index (χ2v) is 9.29. The SMILES string of the molecule is Cc1cnc(Cl)c(C(C)OC(=O)Nc2c(-c3ccc(NS(C)(=O)=O)c(C)n3)nnn2C)c1. The lowest BCUT2D eigenvalue weighted by Crippen LogP contribution is -2.19. The van der Waals surface area contributed by atoms with E-state index in [0.717, 1.165) is 11.8 Å². The predicted octanol–water partition coefficient (Wildman–Crippen LogP) is 3.22. The van der Waals surface area contributed by atoms with Gasteiger partial charge in [-0.25, -0.2) is 27.9 Å². The fourth-order valence-electron chi connectivity index (χ4n) is 2.88. The van der Waals surface area contributed by atoms with Crippen LogP contribution in [0.3, 0.4) is 0 Å². The molecule has 3 aromatic heterocycles. The number of carbonyl (C=O) groups excluding carboxylic acids is 1. The molecule has 0 aliphatic carbocycles. The van der Waals surface area contributed by atoms with Crippen molar-refractivity contribution in [2.45, 2.75) is 26.9 Å². The molecule has 0 saturated heterocycles. The van der Waals surface area contributed by atoms with Crippen LogP contribution in [0.1, 0.15) is 29.8 Å². The summed E-state index contributed by atoms with van der Waals surface area (Å²) < 4.78 is 32.2. The van der Waals surface area contributed by atoms with Crippen LogP contribution in [0.5, 0.6) is 0 Å². The number of aromatic nitrogens is 5. The quantitative estimate of drug-likeness (QED) is 0.513. The molecule has 0 aliphatic rings. The third-order valence-corrected chi connectivity index (χ3v) is 5.30. The first kappa shape index (κ1) is 23.4. The second kappa shape index (κ2) is 9.09. The van der Waals surface area contributed by atoms with E-state index in [0.29, 0.717) is 28.3 Å². The smallest absolute Gasteiger partial charge is 0.413 e. The van der Waals surface area contributed by atoms with Crippen molar-refractivity contribution in [2.24, 2.45) is 7.05 Å². The normalized spacial score (nSPS) is 12.3. The molecule has 0 spiro atoms. The summed E-state index contributed by atoms with van der Waals surface area (Å²) in [4.78, 5) is 21.0. The maximum absolute atomic E-state index is 12.5. The topological polar surface area (TPSA) is 141 Å². The lowest BCUT2D eigenvalue weighted by Gasteiger charge is -2.16. The fraction of sp³-hybridized carbons (Fsp3) is 0.316. The maximum Gasteiger partial charge on any atom is 0.413 e. The van der Waals surface area contributed by atoms with Gasteiger partial charge in [0.1, 0.15) is 11.3 Å². The Morgan fingerprint density at radius 3 is 2.66 bits per heavy atom. The van der Waals surface area contributed by atoms with Crippen molar-refractivity contribution in [1.29, 1.82) is 0 Å². The summed E-state index contributed by atoms with van der Waals surface area (Å²) >= 11 is 6.12. The zero-order valence-corrected chi connectivity index (χ0v) is 19.6. The summed E-state index contributed by atoms with van der Waals surface area (Å²) in [6, 6.07) is 4.93. The molecule has 0 aliphatic heterocycles. The standard InChI is InChI=1S/C19H22ClN7O4S/c1-10-8-13(17(20)21-9-10)12(3)31-19(28)23-18-16(24-26-27(18)4)15-7-6-14(11(2)22-15)25-32(5,29)30/h6-9,12,25H,1-5H3,(H,23,28). The van der Waals surface area contributed by atoms with Gasteiger partial charge in [0, 0.05) is 18.8 Å². The highest BCUT2D eigenvalue weighted by atomic mass is 35.5. The van der Waals surface area contributed by atoms with E-state index in [9.17, 15) is 13.2 Å². The number of nitrogens with one attached hydrogen (secondary N) is 2. The first-order chi connectivity index (χ1) is 14.9. The summed E-state index contributed by atoms with van der Waals surface area (Å²) in [7, 11) is -1.85. The van der Waals surface area contributed by atoms with Crippen molar-refractivity contribution < 1.29 is 17.9 Å². The molecular formula is C19H22ClN7O4S. The van der Waals surface area contributed by atoms with E-state index in [1.165, 1.54) is 4.68 Å². The molecule has 0 bridgehead atoms. The third kappa shape index (κ3) is 5.51. The minimum atomic E-state index is -3.45. The Kier molecular flexibility index (Phi) is 6.65. The first-order valence-electron chi connectivity index (χ1n) is 9.39. The van der Waals surface area contributed by atoms with Gasteiger partial charge in [0.05, 0.1) is 23.3 Å². The molecule has 0 aromatic carbocycles. The van der Waals surface area contributed by atoms with Crippen molar-refractivity contribution in [3.63, 3.8) is 0 Å². The lowest BCUT2D eigenvalue weighted by molar-refractivity contribution is 0.121. The summed E-state index contributed by atoms with van der Waals surface area (Å²) in [5, 5.41) is 10.9. The molecule has 0 radical (unpaired) electrons. The monoisotopic (exact) mass is 479 g/mol. The van der Waals surface area contributed by atoms with Crippen LogP contribution in [0.4, 0.5) is 16.3 Å². The number of hydrogen-bond donors (Lipinski definition) is 2. The minimum Gasteiger partial charge on any atom is -0.441 e. The summed E-state index contributed by atoms with van der Waals surface area (Å²) in [6.07, 6.45) is 1.28. The average molecular weight is 480 g/mol. The Bertz CT molecular complexity index is 1280. The van der Waals surface area contributed by atoms with Crippen LogP contribution in [0.25, 0.3) is 11.4 Å². The summed E-state index contributed by atoms with van der Waals surface area (Å²) in [6.45, 7) is 5.19. The molecule has 0 saturated carbocycles. The molecule has 1 unspecified atom stereocenters. The van der Waals surface area contributed by atoms with Crippen LogP contribution in [0.2, 0.25) is 5.15 Å². The van der Waals surface area contributed by atoms with E-state index in [-0.39, 0.29) is 11.0 Å². The van der Waals surface area contributed by atoms with E-state index in [4.69, 9.17) is 16.3 Å². The van der Waals surface area contributed by atoms with Gasteiger partial charge in [0.15, 0.2) is 11.5 Å². The number of rotatable bonds is 6. The Hall–Kier alpha value is -3.25. The zero-order chi connectivity index (χ0) is 23.6. The summed E-state index contributed by atoms with van der Waals surface area (Å²) in [5.74, 6) is 0.256. The van der Waals surface area contributed by atoms with E-state index in [1.54, 1.807) is 45.3 Å². The number of ether oxygens (including phenoxy) is 1. The number of nitrogens with zero attached hydrogens (tertiary/aromatic N) is 5. The minimum absolute atomic E-state index is 0.251. The molecule has 0 fully saturated rings. The number of sulfonamides is 1. The van der Waals surface area contributed by atoms with Crippen molar-refractivity contribution in [1.82, 2.24) is 25.0 Å². The van der Waals surface area contributed by atoms with Gasteiger partial charge in [0.25, 0.3) is 0 Å². The lowest BCUT2D eigenvalue weighted by atomic mass is 10.1. The van der Waals surface area contributed by atoms with Crippen LogP contribution in [-0.2, 0) is 21.8 Å². The van der Waals surface area contributed by atoms with Crippen molar-refractivity contribution in [3.05, 3.63) is 46.4 Å². The number of carbonyl (C=O) groups is 1. The number of pyridine rings is 2. The van der Waals surface area contributed by atoms with Gasteiger partial charge in [-0.1, -0.05) is 16.8 Å². The highest BCUT2D eigenvalue weighted by Gasteiger charge is 2.21. The number of hydrogen-bond acceptors (Lipinski definition) is 8. The Balaban J connectivity index is 1.81.